The summed E-state index contributed by atoms with van der Waals surface area (Å²) in [7, 11) is 0. The summed E-state index contributed by atoms with van der Waals surface area (Å²) in [5, 5.41) is 10.8. The predicted molar refractivity (Wildman–Crippen MR) is 104 cm³/mol. The zero-order valence-corrected chi connectivity index (χ0v) is 15.6. The minimum Gasteiger partial charge on any atom is -0.258 e. The van der Waals surface area contributed by atoms with E-state index in [4.69, 9.17) is 0 Å². The molecule has 0 spiro atoms. The van der Waals surface area contributed by atoms with E-state index in [0.29, 0.717) is 0 Å². The third-order valence-corrected chi connectivity index (χ3v) is 5.30. The maximum atomic E-state index is 10.8. The van der Waals surface area contributed by atoms with Crippen molar-refractivity contribution in [2.75, 3.05) is 0 Å². The standard InChI is InChI=1S/C22H25NO2/c1-15(12-16-6-9-18(10-7-16)23(24)25)17-8-11-19-20(13-17)22(4,5)14-21(19,2)3/h6-13H,14H2,1-5H3/b15-12+. The van der Waals surface area contributed by atoms with Crippen LogP contribution in [0.1, 0.15) is 63.3 Å². The molecule has 0 N–H and O–H groups in total. The number of allylic oxidation sites excluding steroid dienone is 1. The Hall–Kier alpha value is -2.42. The molecule has 0 fully saturated rings. The third-order valence-electron chi connectivity index (χ3n) is 5.30. The molecule has 0 unspecified atom stereocenters. The maximum absolute atomic E-state index is 10.8. The Balaban J connectivity index is 1.96. The number of nitrogens with zero attached hydrogens (tertiary/aromatic N) is 1. The van der Waals surface area contributed by atoms with E-state index in [2.05, 4.69) is 58.9 Å². The minimum absolute atomic E-state index is 0.122. The molecule has 2 aromatic rings. The van der Waals surface area contributed by atoms with Crippen molar-refractivity contribution in [2.24, 2.45) is 0 Å². The van der Waals surface area contributed by atoms with Crippen molar-refractivity contribution in [3.05, 3.63) is 74.8 Å². The number of fused-ring (bicyclic) bond motifs is 1. The topological polar surface area (TPSA) is 43.1 Å². The molecule has 0 radical (unpaired) electrons. The van der Waals surface area contributed by atoms with E-state index < -0.39 is 0 Å². The molecule has 3 heteroatoms. The largest absolute Gasteiger partial charge is 0.269 e. The van der Waals surface area contributed by atoms with E-state index in [1.165, 1.54) is 16.7 Å². The summed E-state index contributed by atoms with van der Waals surface area (Å²) in [6.07, 6.45) is 3.24. The first-order chi connectivity index (χ1) is 11.6. The molecule has 0 atom stereocenters. The summed E-state index contributed by atoms with van der Waals surface area (Å²) in [5.41, 5.74) is 6.76. The van der Waals surface area contributed by atoms with Gasteiger partial charge in [0.05, 0.1) is 4.92 Å². The van der Waals surface area contributed by atoms with Crippen LogP contribution in [0.25, 0.3) is 11.6 Å². The lowest BCUT2D eigenvalue weighted by atomic mass is 9.82. The summed E-state index contributed by atoms with van der Waals surface area (Å²) >= 11 is 0. The van der Waals surface area contributed by atoms with Crippen LogP contribution in [0.4, 0.5) is 5.69 Å². The Morgan fingerprint density at radius 3 is 2.20 bits per heavy atom. The second-order valence-electron chi connectivity index (χ2n) is 8.38. The fourth-order valence-corrected chi connectivity index (χ4v) is 4.26. The molecular weight excluding hydrogens is 310 g/mol. The third kappa shape index (κ3) is 3.23. The number of hydrogen-bond donors (Lipinski definition) is 0. The van der Waals surface area contributed by atoms with Crippen LogP contribution in [-0.2, 0) is 10.8 Å². The molecule has 0 saturated carbocycles. The van der Waals surface area contributed by atoms with E-state index in [1.807, 2.05) is 0 Å². The Morgan fingerprint density at radius 2 is 1.60 bits per heavy atom. The monoisotopic (exact) mass is 335 g/mol. The van der Waals surface area contributed by atoms with Gasteiger partial charge in [-0.2, -0.15) is 0 Å². The van der Waals surface area contributed by atoms with Crippen LogP contribution in [0.3, 0.4) is 0 Å². The Labute approximate surface area is 149 Å². The number of nitro benzene ring substituents is 1. The summed E-state index contributed by atoms with van der Waals surface area (Å²) in [4.78, 5) is 10.4. The molecule has 130 valence electrons. The highest BCUT2D eigenvalue weighted by atomic mass is 16.6. The van der Waals surface area contributed by atoms with Crippen molar-refractivity contribution in [3.8, 4) is 0 Å². The van der Waals surface area contributed by atoms with Crippen molar-refractivity contribution in [3.63, 3.8) is 0 Å². The van der Waals surface area contributed by atoms with Crippen LogP contribution in [0.2, 0.25) is 0 Å². The number of hydrogen-bond acceptors (Lipinski definition) is 2. The quantitative estimate of drug-likeness (QED) is 0.385. The minimum atomic E-state index is -0.370. The van der Waals surface area contributed by atoms with Gasteiger partial charge in [-0.3, -0.25) is 10.1 Å². The van der Waals surface area contributed by atoms with E-state index in [9.17, 15) is 10.1 Å². The van der Waals surface area contributed by atoms with Crippen LogP contribution in [0.5, 0.6) is 0 Å². The first-order valence-electron chi connectivity index (χ1n) is 8.68. The van der Waals surface area contributed by atoms with Gasteiger partial charge in [0.2, 0.25) is 0 Å². The lowest BCUT2D eigenvalue weighted by Gasteiger charge is -2.22. The molecule has 25 heavy (non-hydrogen) atoms. The highest BCUT2D eigenvalue weighted by Gasteiger charge is 2.41. The van der Waals surface area contributed by atoms with Crippen LogP contribution in [0.15, 0.2) is 42.5 Å². The summed E-state index contributed by atoms with van der Waals surface area (Å²) in [6.45, 7) is 11.4. The fraction of sp³-hybridized carbons (Fsp3) is 0.364. The SMILES string of the molecule is C/C(=C\c1ccc([N+](=O)[O-])cc1)c1ccc2c(c1)C(C)(C)CC2(C)C. The second-order valence-corrected chi connectivity index (χ2v) is 8.38. The highest BCUT2D eigenvalue weighted by molar-refractivity contribution is 5.81. The Kier molecular flexibility index (Phi) is 4.06. The van der Waals surface area contributed by atoms with Gasteiger partial charge in [0.25, 0.3) is 5.69 Å². The molecule has 0 aliphatic heterocycles. The van der Waals surface area contributed by atoms with Crippen molar-refractivity contribution in [1.29, 1.82) is 0 Å². The molecule has 1 aliphatic rings. The molecule has 0 saturated heterocycles. The summed E-state index contributed by atoms with van der Waals surface area (Å²) < 4.78 is 0. The Morgan fingerprint density at radius 1 is 1.00 bits per heavy atom. The first-order valence-corrected chi connectivity index (χ1v) is 8.68. The first kappa shape index (κ1) is 17.4. The Bertz CT molecular complexity index is 858. The van der Waals surface area contributed by atoms with Gasteiger partial charge in [-0.05, 0) is 64.1 Å². The molecule has 0 amide bonds. The smallest absolute Gasteiger partial charge is 0.258 e. The van der Waals surface area contributed by atoms with Crippen molar-refractivity contribution in [2.45, 2.75) is 51.9 Å². The lowest BCUT2D eigenvalue weighted by Crippen LogP contribution is -2.17. The van der Waals surface area contributed by atoms with E-state index in [0.717, 1.165) is 17.6 Å². The van der Waals surface area contributed by atoms with Crippen molar-refractivity contribution < 1.29 is 4.92 Å². The molecule has 3 nitrogen and oxygen atoms in total. The van der Waals surface area contributed by atoms with E-state index in [1.54, 1.807) is 24.3 Å². The highest BCUT2D eigenvalue weighted by Crippen LogP contribution is 2.49. The molecule has 1 aliphatic carbocycles. The molecular formula is C22H25NO2. The average Bonchev–Trinajstić information content (AvgIpc) is 2.72. The van der Waals surface area contributed by atoms with Gasteiger partial charge < -0.3 is 0 Å². The second kappa shape index (κ2) is 5.83. The molecule has 2 aromatic carbocycles. The average molecular weight is 335 g/mol. The number of benzene rings is 2. The van der Waals surface area contributed by atoms with Crippen molar-refractivity contribution in [1.82, 2.24) is 0 Å². The van der Waals surface area contributed by atoms with Gasteiger partial charge in [0, 0.05) is 12.1 Å². The maximum Gasteiger partial charge on any atom is 0.269 e. The normalized spacial score (nSPS) is 18.0. The number of rotatable bonds is 3. The lowest BCUT2D eigenvalue weighted by molar-refractivity contribution is -0.384. The van der Waals surface area contributed by atoms with Gasteiger partial charge in [-0.25, -0.2) is 0 Å². The van der Waals surface area contributed by atoms with E-state index in [-0.39, 0.29) is 21.4 Å². The molecule has 0 aromatic heterocycles. The molecule has 0 bridgehead atoms. The van der Waals surface area contributed by atoms with Gasteiger partial charge in [0.15, 0.2) is 0 Å². The predicted octanol–water partition coefficient (Wildman–Crippen LogP) is 6.11. The number of non-ortho nitro benzene ring substituents is 1. The molecule has 0 heterocycles. The van der Waals surface area contributed by atoms with E-state index >= 15 is 0 Å². The van der Waals surface area contributed by atoms with Crippen LogP contribution in [-0.4, -0.2) is 4.92 Å². The van der Waals surface area contributed by atoms with Gasteiger partial charge >= 0.3 is 0 Å². The van der Waals surface area contributed by atoms with Crippen molar-refractivity contribution >= 4 is 17.3 Å². The van der Waals surface area contributed by atoms with Crippen LogP contribution < -0.4 is 0 Å². The van der Waals surface area contributed by atoms with Gasteiger partial charge in [-0.15, -0.1) is 0 Å². The fourth-order valence-electron chi connectivity index (χ4n) is 4.26. The van der Waals surface area contributed by atoms with Gasteiger partial charge in [0.1, 0.15) is 0 Å². The zero-order valence-electron chi connectivity index (χ0n) is 15.6. The van der Waals surface area contributed by atoms with Gasteiger partial charge in [-0.1, -0.05) is 52.0 Å². The van der Waals surface area contributed by atoms with Crippen LogP contribution in [0, 0.1) is 10.1 Å². The summed E-state index contributed by atoms with van der Waals surface area (Å²) in [6, 6.07) is 13.5. The zero-order chi connectivity index (χ0) is 18.4. The summed E-state index contributed by atoms with van der Waals surface area (Å²) in [5.74, 6) is 0. The number of nitro groups is 1. The van der Waals surface area contributed by atoms with Crippen LogP contribution >= 0.6 is 0 Å². The molecule has 3 rings (SSSR count).